The van der Waals surface area contributed by atoms with Gasteiger partial charge in [-0.2, -0.15) is 0 Å². The topological polar surface area (TPSA) is 130 Å². The predicted octanol–water partition coefficient (Wildman–Crippen LogP) is 1.17. The van der Waals surface area contributed by atoms with Gasteiger partial charge in [-0.15, -0.1) is 0 Å². The highest BCUT2D eigenvalue weighted by Gasteiger charge is 2.41. The van der Waals surface area contributed by atoms with Gasteiger partial charge in [-0.3, -0.25) is 9.59 Å². The van der Waals surface area contributed by atoms with Crippen LogP contribution in [0.25, 0.3) is 10.8 Å². The average Bonchev–Trinajstić information content (AvgIpc) is 2.93. The normalized spacial score (nSPS) is 21.9. The van der Waals surface area contributed by atoms with E-state index in [1.807, 2.05) is 6.92 Å². The molecule has 0 bridgehead atoms. The van der Waals surface area contributed by atoms with Crippen molar-refractivity contribution in [1.29, 1.82) is 0 Å². The molecule has 27 heavy (non-hydrogen) atoms. The maximum atomic E-state index is 13.9. The molecule has 3 atom stereocenters. The maximum Gasteiger partial charge on any atom is 0.255 e. The Bertz CT molecular complexity index is 905. The molecule has 1 fully saturated rings. The number of amides is 2. The van der Waals surface area contributed by atoms with Gasteiger partial charge in [0, 0.05) is 16.7 Å². The van der Waals surface area contributed by atoms with Crippen molar-refractivity contribution in [3.8, 4) is 11.6 Å². The number of carbonyl (C=O) groups excluding carboxylic acids is 2. The summed E-state index contributed by atoms with van der Waals surface area (Å²) in [7, 11) is 1.41. The fraction of sp³-hybridized carbons (Fsp3) is 0.389. The second-order valence-electron chi connectivity index (χ2n) is 6.38. The van der Waals surface area contributed by atoms with Crippen LogP contribution in [-0.2, 0) is 4.79 Å². The lowest BCUT2D eigenvalue weighted by Crippen LogP contribution is -2.34. The summed E-state index contributed by atoms with van der Waals surface area (Å²) in [4.78, 5) is 27.4. The van der Waals surface area contributed by atoms with Crippen LogP contribution >= 0.6 is 0 Å². The molecule has 0 aliphatic carbocycles. The number of methoxy groups -OCH3 is 1. The molecule has 5 N–H and O–H groups in total. The molecule has 2 heterocycles. The highest BCUT2D eigenvalue weighted by atomic mass is 19.1. The van der Waals surface area contributed by atoms with Crippen molar-refractivity contribution in [2.45, 2.75) is 25.6 Å². The fourth-order valence-electron chi connectivity index (χ4n) is 3.33. The van der Waals surface area contributed by atoms with Gasteiger partial charge >= 0.3 is 0 Å². The number of benzene rings is 1. The largest absolute Gasteiger partial charge is 0.496 e. The summed E-state index contributed by atoms with van der Waals surface area (Å²) < 4.78 is 24.9. The number of ether oxygens (including phenoxy) is 2. The van der Waals surface area contributed by atoms with E-state index < -0.39 is 29.9 Å². The summed E-state index contributed by atoms with van der Waals surface area (Å²) in [5.41, 5.74) is 11.9. The first kappa shape index (κ1) is 18.7. The molecule has 1 aliphatic heterocycles. The highest BCUT2D eigenvalue weighted by molar-refractivity contribution is 6.04. The van der Waals surface area contributed by atoms with Crippen LogP contribution in [0.4, 0.5) is 10.1 Å². The number of rotatable bonds is 6. The zero-order valence-electron chi connectivity index (χ0n) is 15.0. The van der Waals surface area contributed by atoms with Gasteiger partial charge in [-0.1, -0.05) is 6.92 Å². The maximum absolute atomic E-state index is 13.9. The molecule has 2 aromatic rings. The fourth-order valence-corrected chi connectivity index (χ4v) is 3.33. The van der Waals surface area contributed by atoms with Crippen LogP contribution in [0.1, 0.15) is 23.7 Å². The summed E-state index contributed by atoms with van der Waals surface area (Å²) in [6.45, 7) is 1.87. The number of anilines is 1. The zero-order valence-corrected chi connectivity index (χ0v) is 15.0. The summed E-state index contributed by atoms with van der Waals surface area (Å²) in [5, 5.41) is 3.65. The second-order valence-corrected chi connectivity index (χ2v) is 6.38. The number of nitrogens with two attached hydrogens (primary N) is 2. The molecule has 0 spiro atoms. The number of primary amides is 1. The SMILES string of the molecule is CCC1C(COc2ncc(N)c3cc(C(N)=O)c(OC)cc23)NC(=O)C1F. The van der Waals surface area contributed by atoms with E-state index in [0.29, 0.717) is 22.9 Å². The van der Waals surface area contributed by atoms with Gasteiger partial charge in [0.25, 0.3) is 11.8 Å². The van der Waals surface area contributed by atoms with E-state index in [-0.39, 0.29) is 23.8 Å². The number of nitrogens with one attached hydrogen (secondary N) is 1. The standard InChI is InChI=1S/C18H21FN4O4/c1-3-8-13(23-17(25)15(8)19)7-27-18-10-5-14(26-2)11(16(21)24)4-9(10)12(20)6-22-18/h4-6,8,13,15H,3,7,20H2,1-2H3,(H2,21,24)(H,23,25). The van der Waals surface area contributed by atoms with Crippen LogP contribution < -0.4 is 26.3 Å². The van der Waals surface area contributed by atoms with Gasteiger partial charge in [-0.25, -0.2) is 9.37 Å². The molecular weight excluding hydrogens is 355 g/mol. The Morgan fingerprint density at radius 1 is 1.37 bits per heavy atom. The van der Waals surface area contributed by atoms with Gasteiger partial charge in [0.2, 0.25) is 5.88 Å². The molecule has 0 saturated carbocycles. The smallest absolute Gasteiger partial charge is 0.255 e. The Hall–Kier alpha value is -3.10. The number of nitrogen functional groups attached to an aromatic ring is 1. The highest BCUT2D eigenvalue weighted by Crippen LogP contribution is 2.34. The lowest BCUT2D eigenvalue weighted by molar-refractivity contribution is -0.123. The van der Waals surface area contributed by atoms with Crippen LogP contribution in [0.5, 0.6) is 11.6 Å². The molecule has 3 unspecified atom stereocenters. The van der Waals surface area contributed by atoms with E-state index in [9.17, 15) is 14.0 Å². The van der Waals surface area contributed by atoms with Crippen LogP contribution in [0.15, 0.2) is 18.3 Å². The summed E-state index contributed by atoms with van der Waals surface area (Å²) in [6.07, 6.45) is 0.356. The molecule has 1 aromatic heterocycles. The van der Waals surface area contributed by atoms with E-state index in [4.69, 9.17) is 20.9 Å². The number of alkyl halides is 1. The third kappa shape index (κ3) is 3.32. The van der Waals surface area contributed by atoms with Crippen molar-refractivity contribution >= 4 is 28.3 Å². The third-order valence-electron chi connectivity index (χ3n) is 4.81. The first-order valence-corrected chi connectivity index (χ1v) is 8.50. The molecule has 144 valence electrons. The molecule has 9 heteroatoms. The van der Waals surface area contributed by atoms with E-state index in [0.717, 1.165) is 0 Å². The van der Waals surface area contributed by atoms with E-state index >= 15 is 0 Å². The number of carbonyl (C=O) groups is 2. The van der Waals surface area contributed by atoms with Crippen LogP contribution in [0.3, 0.4) is 0 Å². The van der Waals surface area contributed by atoms with Gasteiger partial charge < -0.3 is 26.3 Å². The van der Waals surface area contributed by atoms with Crippen molar-refractivity contribution in [2.24, 2.45) is 11.7 Å². The third-order valence-corrected chi connectivity index (χ3v) is 4.81. The Kier molecular flexibility index (Phi) is 5.02. The monoisotopic (exact) mass is 376 g/mol. The van der Waals surface area contributed by atoms with Crippen molar-refractivity contribution in [2.75, 3.05) is 19.5 Å². The second kappa shape index (κ2) is 7.26. The van der Waals surface area contributed by atoms with Crippen molar-refractivity contribution in [3.63, 3.8) is 0 Å². The van der Waals surface area contributed by atoms with Gasteiger partial charge in [0.05, 0.1) is 30.6 Å². The first-order chi connectivity index (χ1) is 12.9. The number of nitrogens with zero attached hydrogens (tertiary/aromatic N) is 1. The minimum absolute atomic E-state index is 0.0522. The number of halogens is 1. The van der Waals surface area contributed by atoms with Crippen LogP contribution in [-0.4, -0.2) is 42.7 Å². The molecule has 8 nitrogen and oxygen atoms in total. The van der Waals surface area contributed by atoms with Gasteiger partial charge in [0.1, 0.15) is 12.4 Å². The molecule has 2 amide bonds. The summed E-state index contributed by atoms with van der Waals surface area (Å²) >= 11 is 0. The minimum atomic E-state index is -1.54. The molecular formula is C18H21FN4O4. The Morgan fingerprint density at radius 3 is 2.74 bits per heavy atom. The minimum Gasteiger partial charge on any atom is -0.496 e. The Labute approximate surface area is 155 Å². The Balaban J connectivity index is 1.94. The summed E-state index contributed by atoms with van der Waals surface area (Å²) in [5.74, 6) is -1.25. The summed E-state index contributed by atoms with van der Waals surface area (Å²) in [6, 6.07) is 2.62. The number of aromatic nitrogens is 1. The van der Waals surface area contributed by atoms with E-state index in [1.165, 1.54) is 19.4 Å². The number of fused-ring (bicyclic) bond motifs is 1. The molecule has 1 aliphatic rings. The molecule has 1 saturated heterocycles. The Morgan fingerprint density at radius 2 is 2.11 bits per heavy atom. The van der Waals surface area contributed by atoms with Crippen molar-refractivity contribution < 1.29 is 23.5 Å². The van der Waals surface area contributed by atoms with E-state index in [1.54, 1.807) is 6.07 Å². The predicted molar refractivity (Wildman–Crippen MR) is 97.3 cm³/mol. The molecule has 1 aromatic carbocycles. The van der Waals surface area contributed by atoms with Crippen molar-refractivity contribution in [3.05, 3.63) is 23.9 Å². The zero-order chi connectivity index (χ0) is 19.7. The lowest BCUT2D eigenvalue weighted by atomic mass is 9.97. The quantitative estimate of drug-likeness (QED) is 0.694. The average molecular weight is 376 g/mol. The number of pyridine rings is 1. The van der Waals surface area contributed by atoms with Crippen LogP contribution in [0, 0.1) is 5.92 Å². The number of hydrogen-bond acceptors (Lipinski definition) is 6. The molecule has 0 radical (unpaired) electrons. The van der Waals surface area contributed by atoms with Gasteiger partial charge in [0.15, 0.2) is 6.17 Å². The first-order valence-electron chi connectivity index (χ1n) is 8.50. The number of hydrogen-bond donors (Lipinski definition) is 3. The van der Waals surface area contributed by atoms with E-state index in [2.05, 4.69) is 10.3 Å². The lowest BCUT2D eigenvalue weighted by Gasteiger charge is -2.19. The molecule has 3 rings (SSSR count). The van der Waals surface area contributed by atoms with Gasteiger partial charge in [-0.05, 0) is 18.6 Å². The van der Waals surface area contributed by atoms with Crippen molar-refractivity contribution in [1.82, 2.24) is 10.3 Å². The van der Waals surface area contributed by atoms with Crippen LogP contribution in [0.2, 0.25) is 0 Å².